The minimum atomic E-state index is 0.649. The van der Waals surface area contributed by atoms with Crippen LogP contribution in [0.4, 0.5) is 0 Å². The van der Waals surface area contributed by atoms with Gasteiger partial charge in [-0.3, -0.25) is 0 Å². The number of aryl methyl sites for hydroxylation is 1. The molecule has 2 aromatic rings. The predicted molar refractivity (Wildman–Crippen MR) is 77.0 cm³/mol. The van der Waals surface area contributed by atoms with Gasteiger partial charge in [0.05, 0.1) is 12.3 Å². The van der Waals surface area contributed by atoms with E-state index >= 15 is 0 Å². The Morgan fingerprint density at radius 2 is 2.26 bits per heavy atom. The lowest BCUT2D eigenvalue weighted by Gasteiger charge is -1.99. The van der Waals surface area contributed by atoms with Crippen molar-refractivity contribution in [2.45, 2.75) is 37.5 Å². The van der Waals surface area contributed by atoms with Crippen LogP contribution in [0, 0.1) is 6.92 Å². The van der Waals surface area contributed by atoms with Crippen molar-refractivity contribution in [1.82, 2.24) is 15.5 Å². The van der Waals surface area contributed by atoms with Crippen LogP contribution in [-0.2, 0) is 12.3 Å². The summed E-state index contributed by atoms with van der Waals surface area (Å²) in [6.07, 6.45) is 1.10. The van der Waals surface area contributed by atoms with Crippen molar-refractivity contribution >= 4 is 11.8 Å². The van der Waals surface area contributed by atoms with E-state index in [9.17, 15) is 0 Å². The maximum Gasteiger partial charge on any atom is 0.240 e. The molecule has 0 saturated carbocycles. The third kappa shape index (κ3) is 4.69. The molecule has 102 valence electrons. The fraction of sp³-hybridized carbons (Fsp3) is 0.429. The number of thioether (sulfide) groups is 1. The molecule has 5 heteroatoms. The molecule has 1 aromatic carbocycles. The van der Waals surface area contributed by atoms with Crippen molar-refractivity contribution in [2.24, 2.45) is 0 Å². The quantitative estimate of drug-likeness (QED) is 0.622. The summed E-state index contributed by atoms with van der Waals surface area (Å²) in [6.45, 7) is 5.84. The van der Waals surface area contributed by atoms with Crippen molar-refractivity contribution in [3.63, 3.8) is 0 Å². The second-order valence-corrected chi connectivity index (χ2v) is 5.44. The molecule has 0 saturated heterocycles. The fourth-order valence-electron chi connectivity index (χ4n) is 1.65. The zero-order valence-electron chi connectivity index (χ0n) is 11.3. The van der Waals surface area contributed by atoms with E-state index in [0.29, 0.717) is 12.4 Å². The Labute approximate surface area is 118 Å². The largest absolute Gasteiger partial charge is 0.338 e. The van der Waals surface area contributed by atoms with Gasteiger partial charge in [0, 0.05) is 4.90 Å². The molecule has 1 N–H and O–H groups in total. The van der Waals surface area contributed by atoms with Crippen LogP contribution in [0.2, 0.25) is 0 Å². The molecule has 0 spiro atoms. The van der Waals surface area contributed by atoms with Gasteiger partial charge in [0.25, 0.3) is 0 Å². The summed E-state index contributed by atoms with van der Waals surface area (Å²) in [7, 11) is 0. The van der Waals surface area contributed by atoms with E-state index in [-0.39, 0.29) is 0 Å². The molecule has 0 atom stereocenters. The van der Waals surface area contributed by atoms with E-state index in [1.807, 2.05) is 0 Å². The normalized spacial score (nSPS) is 10.8. The van der Waals surface area contributed by atoms with Gasteiger partial charge in [-0.25, -0.2) is 0 Å². The lowest BCUT2D eigenvalue weighted by Crippen LogP contribution is -2.13. The first-order valence-electron chi connectivity index (χ1n) is 6.49. The number of nitrogens with one attached hydrogen (secondary N) is 1. The van der Waals surface area contributed by atoms with Crippen molar-refractivity contribution < 1.29 is 4.52 Å². The zero-order valence-corrected chi connectivity index (χ0v) is 12.2. The Morgan fingerprint density at radius 3 is 3.05 bits per heavy atom. The van der Waals surface area contributed by atoms with Gasteiger partial charge in [-0.1, -0.05) is 29.8 Å². The highest BCUT2D eigenvalue weighted by Crippen LogP contribution is 2.22. The average molecular weight is 277 g/mol. The van der Waals surface area contributed by atoms with Crippen molar-refractivity contribution in [2.75, 3.05) is 6.54 Å². The lowest BCUT2D eigenvalue weighted by molar-refractivity contribution is 0.364. The molecule has 0 aliphatic carbocycles. The van der Waals surface area contributed by atoms with Crippen LogP contribution in [0.15, 0.2) is 33.7 Å². The van der Waals surface area contributed by atoms with Crippen LogP contribution in [0.1, 0.15) is 30.6 Å². The molecule has 0 unspecified atom stereocenters. The summed E-state index contributed by atoms with van der Waals surface area (Å²) >= 11 is 1.72. The van der Waals surface area contributed by atoms with Gasteiger partial charge in [-0.2, -0.15) is 4.98 Å². The van der Waals surface area contributed by atoms with Crippen LogP contribution in [0.25, 0.3) is 0 Å². The summed E-state index contributed by atoms with van der Waals surface area (Å²) in [4.78, 5) is 5.59. The Kier molecular flexibility index (Phi) is 5.42. The molecule has 4 nitrogen and oxygen atoms in total. The molecule has 0 fully saturated rings. The molecule has 0 aliphatic rings. The van der Waals surface area contributed by atoms with E-state index in [1.54, 1.807) is 11.8 Å². The number of hydrogen-bond donors (Lipinski definition) is 1. The van der Waals surface area contributed by atoms with Gasteiger partial charge >= 0.3 is 0 Å². The van der Waals surface area contributed by atoms with Crippen LogP contribution < -0.4 is 5.32 Å². The van der Waals surface area contributed by atoms with Crippen molar-refractivity contribution in [3.8, 4) is 0 Å². The van der Waals surface area contributed by atoms with Crippen molar-refractivity contribution in [1.29, 1.82) is 0 Å². The first-order chi connectivity index (χ1) is 9.28. The third-order valence-electron chi connectivity index (χ3n) is 2.57. The number of rotatable bonds is 7. The average Bonchev–Trinajstić information content (AvgIpc) is 2.85. The minimum Gasteiger partial charge on any atom is -0.338 e. The van der Waals surface area contributed by atoms with Gasteiger partial charge in [0.15, 0.2) is 5.82 Å². The molecule has 0 aliphatic heterocycles. The smallest absolute Gasteiger partial charge is 0.240 e. The Bertz CT molecular complexity index is 513. The molecule has 0 bridgehead atoms. The highest BCUT2D eigenvalue weighted by Gasteiger charge is 2.06. The molecule has 0 amide bonds. The molecule has 1 aromatic heterocycles. The highest BCUT2D eigenvalue weighted by molar-refractivity contribution is 7.98. The topological polar surface area (TPSA) is 51.0 Å². The predicted octanol–water partition coefficient (Wildman–Crippen LogP) is 3.17. The Hall–Kier alpha value is -1.33. The minimum absolute atomic E-state index is 0.649. The van der Waals surface area contributed by atoms with E-state index in [4.69, 9.17) is 4.52 Å². The van der Waals surface area contributed by atoms with E-state index in [1.165, 1.54) is 10.5 Å². The van der Waals surface area contributed by atoms with E-state index in [0.717, 1.165) is 24.5 Å². The summed E-state index contributed by atoms with van der Waals surface area (Å²) in [5, 5.41) is 7.23. The maximum absolute atomic E-state index is 5.19. The number of aromatic nitrogens is 2. The first-order valence-corrected chi connectivity index (χ1v) is 7.48. The third-order valence-corrected chi connectivity index (χ3v) is 3.56. The first kappa shape index (κ1) is 14.1. The monoisotopic (exact) mass is 277 g/mol. The van der Waals surface area contributed by atoms with Crippen LogP contribution in [0.5, 0.6) is 0 Å². The van der Waals surface area contributed by atoms with Crippen LogP contribution in [0.3, 0.4) is 0 Å². The van der Waals surface area contributed by atoms with Crippen LogP contribution >= 0.6 is 11.8 Å². The lowest BCUT2D eigenvalue weighted by atomic mass is 10.2. The number of hydrogen-bond acceptors (Lipinski definition) is 5. The van der Waals surface area contributed by atoms with Gasteiger partial charge in [-0.15, -0.1) is 11.8 Å². The summed E-state index contributed by atoms with van der Waals surface area (Å²) in [5.41, 5.74) is 1.27. The molecule has 1 heterocycles. The summed E-state index contributed by atoms with van der Waals surface area (Å²) < 4.78 is 5.19. The molecule has 19 heavy (non-hydrogen) atoms. The Balaban J connectivity index is 1.83. The van der Waals surface area contributed by atoms with E-state index < -0.39 is 0 Å². The fourth-order valence-corrected chi connectivity index (χ4v) is 2.50. The number of nitrogens with zero attached hydrogens (tertiary/aromatic N) is 2. The van der Waals surface area contributed by atoms with E-state index in [2.05, 4.69) is 53.6 Å². The van der Waals surface area contributed by atoms with Gasteiger partial charge < -0.3 is 9.84 Å². The van der Waals surface area contributed by atoms with Gasteiger partial charge in [0.1, 0.15) is 0 Å². The Morgan fingerprint density at radius 1 is 1.37 bits per heavy atom. The van der Waals surface area contributed by atoms with Gasteiger partial charge in [0.2, 0.25) is 5.89 Å². The van der Waals surface area contributed by atoms with Gasteiger partial charge in [-0.05, 0) is 32.0 Å². The molecule has 2 rings (SSSR count). The highest BCUT2D eigenvalue weighted by atomic mass is 32.2. The van der Waals surface area contributed by atoms with Crippen molar-refractivity contribution in [3.05, 3.63) is 41.5 Å². The maximum atomic E-state index is 5.19. The summed E-state index contributed by atoms with van der Waals surface area (Å²) in [6, 6.07) is 8.42. The summed E-state index contributed by atoms with van der Waals surface area (Å²) in [5.74, 6) is 2.15. The van der Waals surface area contributed by atoms with Crippen LogP contribution in [-0.4, -0.2) is 16.7 Å². The zero-order chi connectivity index (χ0) is 13.5. The second kappa shape index (κ2) is 7.31. The number of benzene rings is 1. The molecular weight excluding hydrogens is 258 g/mol. The second-order valence-electron chi connectivity index (χ2n) is 4.39. The SMILES string of the molecule is CCCNCc1nc(CSc2cccc(C)c2)no1. The molecule has 0 radical (unpaired) electrons. The standard InChI is InChI=1S/C14H19N3OS/c1-3-7-15-9-14-16-13(17-18-14)10-19-12-6-4-5-11(2)8-12/h4-6,8,15H,3,7,9-10H2,1-2H3. The molecular formula is C14H19N3OS.